The molecule has 0 aliphatic carbocycles. The van der Waals surface area contributed by atoms with Gasteiger partial charge < -0.3 is 25.2 Å². The van der Waals surface area contributed by atoms with Crippen LogP contribution in [0.25, 0.3) is 0 Å². The van der Waals surface area contributed by atoms with Gasteiger partial charge in [0, 0.05) is 30.8 Å². The molecule has 0 atom stereocenters. The van der Waals surface area contributed by atoms with Crippen LogP contribution in [0.1, 0.15) is 23.2 Å². The highest BCUT2D eigenvalue weighted by molar-refractivity contribution is 5.95. The highest BCUT2D eigenvalue weighted by atomic mass is 16.5. The van der Waals surface area contributed by atoms with E-state index in [2.05, 4.69) is 5.32 Å². The number of para-hydroxylation sites is 1. The van der Waals surface area contributed by atoms with Crippen molar-refractivity contribution in [3.05, 3.63) is 54.1 Å². The van der Waals surface area contributed by atoms with E-state index in [4.69, 9.17) is 4.74 Å². The summed E-state index contributed by atoms with van der Waals surface area (Å²) >= 11 is 0. The molecule has 2 amide bonds. The van der Waals surface area contributed by atoms with Crippen molar-refractivity contribution in [2.45, 2.75) is 18.9 Å². The highest BCUT2D eigenvalue weighted by Gasteiger charge is 2.25. The molecule has 2 aromatic carbocycles. The molecule has 3 rings (SSSR count). The summed E-state index contributed by atoms with van der Waals surface area (Å²) in [5, 5.41) is 22.0. The van der Waals surface area contributed by atoms with Crippen molar-refractivity contribution < 1.29 is 24.5 Å². The third-order valence-electron chi connectivity index (χ3n) is 4.41. The van der Waals surface area contributed by atoms with Crippen LogP contribution in [0.15, 0.2) is 48.5 Å². The van der Waals surface area contributed by atoms with E-state index in [9.17, 15) is 19.8 Å². The second-order valence-electron chi connectivity index (χ2n) is 6.47. The molecule has 0 spiro atoms. The van der Waals surface area contributed by atoms with E-state index in [1.165, 1.54) is 18.2 Å². The van der Waals surface area contributed by atoms with E-state index in [0.717, 1.165) is 0 Å². The monoisotopic (exact) mass is 370 g/mol. The number of ether oxygens (including phenoxy) is 1. The van der Waals surface area contributed by atoms with Crippen molar-refractivity contribution in [2.75, 3.05) is 19.7 Å². The van der Waals surface area contributed by atoms with Crippen LogP contribution in [0.2, 0.25) is 0 Å². The molecule has 142 valence electrons. The molecule has 0 bridgehead atoms. The number of phenols is 2. The zero-order valence-corrected chi connectivity index (χ0v) is 14.8. The van der Waals surface area contributed by atoms with Gasteiger partial charge >= 0.3 is 0 Å². The highest BCUT2D eigenvalue weighted by Crippen LogP contribution is 2.22. The number of nitrogens with zero attached hydrogens (tertiary/aromatic N) is 1. The van der Waals surface area contributed by atoms with Gasteiger partial charge in [0.1, 0.15) is 17.2 Å². The van der Waals surface area contributed by atoms with E-state index >= 15 is 0 Å². The van der Waals surface area contributed by atoms with Crippen molar-refractivity contribution in [3.63, 3.8) is 0 Å². The van der Waals surface area contributed by atoms with Gasteiger partial charge in [0.25, 0.3) is 11.8 Å². The number of amides is 2. The van der Waals surface area contributed by atoms with Crippen LogP contribution in [-0.4, -0.2) is 52.7 Å². The molecule has 1 aliphatic rings. The van der Waals surface area contributed by atoms with Crippen LogP contribution in [0.3, 0.4) is 0 Å². The number of carbonyl (C=O) groups excluding carboxylic acids is 2. The predicted octanol–water partition coefficient (Wildman–Crippen LogP) is 1.90. The lowest BCUT2D eigenvalue weighted by Crippen LogP contribution is -2.47. The van der Waals surface area contributed by atoms with Gasteiger partial charge in [-0.25, -0.2) is 0 Å². The number of phenolic OH excluding ortho intramolecular Hbond substituents is 2. The first-order chi connectivity index (χ1) is 13.0. The minimum Gasteiger partial charge on any atom is -0.508 e. The maximum atomic E-state index is 12.5. The van der Waals surface area contributed by atoms with Crippen LogP contribution in [0, 0.1) is 0 Å². The third kappa shape index (κ3) is 5.13. The third-order valence-corrected chi connectivity index (χ3v) is 4.41. The number of nitrogens with one attached hydrogen (secondary N) is 1. The van der Waals surface area contributed by atoms with Crippen LogP contribution < -0.4 is 10.1 Å². The zero-order chi connectivity index (χ0) is 19.2. The first-order valence-corrected chi connectivity index (χ1v) is 8.81. The molecule has 1 heterocycles. The maximum absolute atomic E-state index is 12.5. The molecule has 0 unspecified atom stereocenters. The molecule has 0 radical (unpaired) electrons. The number of hydrogen-bond donors (Lipinski definition) is 3. The van der Waals surface area contributed by atoms with Crippen molar-refractivity contribution >= 4 is 11.8 Å². The molecule has 0 aromatic heterocycles. The smallest absolute Gasteiger partial charge is 0.258 e. The van der Waals surface area contributed by atoms with E-state index in [1.807, 2.05) is 18.2 Å². The van der Waals surface area contributed by atoms with Crippen molar-refractivity contribution in [1.29, 1.82) is 0 Å². The minimum atomic E-state index is -0.251. The average Bonchev–Trinajstić information content (AvgIpc) is 2.66. The number of benzene rings is 2. The fraction of sp³-hybridized carbons (Fsp3) is 0.300. The Labute approximate surface area is 157 Å². The maximum Gasteiger partial charge on any atom is 0.258 e. The summed E-state index contributed by atoms with van der Waals surface area (Å²) in [5.41, 5.74) is 0.242. The van der Waals surface area contributed by atoms with Crippen LogP contribution in [-0.2, 0) is 4.79 Å². The molecule has 3 N–H and O–H groups in total. The molecule has 0 saturated carbocycles. The summed E-state index contributed by atoms with van der Waals surface area (Å²) in [4.78, 5) is 26.2. The SMILES string of the molecule is O=C(COc1ccccc1)NC1CCN(C(=O)c2cc(O)cc(O)c2)CC1. The van der Waals surface area contributed by atoms with Gasteiger partial charge in [-0.3, -0.25) is 9.59 Å². The van der Waals surface area contributed by atoms with Gasteiger partial charge in [-0.15, -0.1) is 0 Å². The number of likely N-dealkylation sites (tertiary alicyclic amines) is 1. The normalized spacial score (nSPS) is 14.6. The zero-order valence-electron chi connectivity index (χ0n) is 14.8. The summed E-state index contributed by atoms with van der Waals surface area (Å²) in [6.07, 6.45) is 1.27. The van der Waals surface area contributed by atoms with Crippen molar-refractivity contribution in [1.82, 2.24) is 10.2 Å². The molecule has 2 aromatic rings. The predicted molar refractivity (Wildman–Crippen MR) is 98.8 cm³/mol. The Bertz CT molecular complexity index is 781. The number of piperidine rings is 1. The van der Waals surface area contributed by atoms with Gasteiger partial charge in [-0.2, -0.15) is 0 Å². The van der Waals surface area contributed by atoms with E-state index in [1.54, 1.807) is 17.0 Å². The lowest BCUT2D eigenvalue weighted by molar-refractivity contribution is -0.124. The standard InChI is InChI=1S/C20H22N2O5/c23-16-10-14(11-17(24)12-16)20(26)22-8-6-15(7-9-22)21-19(25)13-27-18-4-2-1-3-5-18/h1-5,10-12,15,23-24H,6-9,13H2,(H,21,25). The van der Waals surface area contributed by atoms with Gasteiger partial charge in [0.15, 0.2) is 6.61 Å². The summed E-state index contributed by atoms with van der Waals surface area (Å²) in [6.45, 7) is 0.922. The Balaban J connectivity index is 1.45. The Morgan fingerprint density at radius 1 is 1.04 bits per heavy atom. The molecule has 1 fully saturated rings. The molecule has 7 nitrogen and oxygen atoms in total. The van der Waals surface area contributed by atoms with E-state index in [-0.39, 0.29) is 41.5 Å². The largest absolute Gasteiger partial charge is 0.508 e. The van der Waals surface area contributed by atoms with Crippen LogP contribution in [0.4, 0.5) is 0 Å². The first kappa shape index (κ1) is 18.6. The van der Waals surface area contributed by atoms with Gasteiger partial charge in [0.05, 0.1) is 0 Å². The van der Waals surface area contributed by atoms with E-state index < -0.39 is 0 Å². The van der Waals surface area contributed by atoms with Crippen LogP contribution >= 0.6 is 0 Å². The molecule has 27 heavy (non-hydrogen) atoms. The Morgan fingerprint density at radius 2 is 1.67 bits per heavy atom. The quantitative estimate of drug-likeness (QED) is 0.747. The fourth-order valence-corrected chi connectivity index (χ4v) is 3.06. The van der Waals surface area contributed by atoms with Gasteiger partial charge in [-0.05, 0) is 37.1 Å². The number of rotatable bonds is 5. The Morgan fingerprint density at radius 3 is 2.30 bits per heavy atom. The van der Waals surface area contributed by atoms with Crippen molar-refractivity contribution in [3.8, 4) is 17.2 Å². The summed E-state index contributed by atoms with van der Waals surface area (Å²) < 4.78 is 5.42. The molecular weight excluding hydrogens is 348 g/mol. The number of aromatic hydroxyl groups is 2. The first-order valence-electron chi connectivity index (χ1n) is 8.81. The Hall–Kier alpha value is -3.22. The van der Waals surface area contributed by atoms with Gasteiger partial charge in [-0.1, -0.05) is 18.2 Å². The van der Waals surface area contributed by atoms with Crippen LogP contribution in [0.5, 0.6) is 17.2 Å². The second kappa shape index (κ2) is 8.44. The summed E-state index contributed by atoms with van der Waals surface area (Å²) in [6, 6.07) is 13.0. The average molecular weight is 370 g/mol. The summed E-state index contributed by atoms with van der Waals surface area (Å²) in [7, 11) is 0. The van der Waals surface area contributed by atoms with Gasteiger partial charge in [0.2, 0.25) is 0 Å². The number of carbonyl (C=O) groups is 2. The topological polar surface area (TPSA) is 99.1 Å². The lowest BCUT2D eigenvalue weighted by Gasteiger charge is -2.32. The second-order valence-corrected chi connectivity index (χ2v) is 6.47. The fourth-order valence-electron chi connectivity index (χ4n) is 3.06. The summed E-state index contributed by atoms with van der Waals surface area (Å²) in [5.74, 6) is -0.111. The molecule has 7 heteroatoms. The minimum absolute atomic E-state index is 0.0153. The van der Waals surface area contributed by atoms with E-state index in [0.29, 0.717) is 31.7 Å². The van der Waals surface area contributed by atoms with Crippen molar-refractivity contribution in [2.24, 2.45) is 0 Å². The number of hydrogen-bond acceptors (Lipinski definition) is 5. The lowest BCUT2D eigenvalue weighted by atomic mass is 10.0. The molecule has 1 aliphatic heterocycles. The Kier molecular flexibility index (Phi) is 5.80. The molecular formula is C20H22N2O5. The molecule has 1 saturated heterocycles.